The van der Waals surface area contributed by atoms with Crippen molar-refractivity contribution in [3.63, 3.8) is 0 Å². The van der Waals surface area contributed by atoms with Crippen LogP contribution in [-0.2, 0) is 27.3 Å². The lowest BCUT2D eigenvalue weighted by atomic mass is 9.99. The molecule has 3 heterocycles. The Labute approximate surface area is 257 Å². The number of hydrazine groups is 1. The van der Waals surface area contributed by atoms with Gasteiger partial charge in [-0.2, -0.15) is 5.01 Å². The quantitative estimate of drug-likeness (QED) is 0.483. The number of allylic oxidation sites excluding steroid dienone is 3. The third-order valence-corrected chi connectivity index (χ3v) is 8.87. The van der Waals surface area contributed by atoms with Crippen molar-refractivity contribution in [1.29, 1.82) is 0 Å². The Balaban J connectivity index is 1.24. The number of urea groups is 1. The van der Waals surface area contributed by atoms with Crippen LogP contribution in [0.3, 0.4) is 0 Å². The van der Waals surface area contributed by atoms with Crippen LogP contribution in [0.25, 0.3) is 0 Å². The number of amides is 5. The number of fused-ring (bicyclic) bond motifs is 1. The van der Waals surface area contributed by atoms with E-state index in [1.807, 2.05) is 36.4 Å². The van der Waals surface area contributed by atoms with Crippen LogP contribution >= 0.6 is 0 Å². The number of rotatable bonds is 8. The van der Waals surface area contributed by atoms with Gasteiger partial charge in [0, 0.05) is 45.2 Å². The van der Waals surface area contributed by atoms with E-state index in [4.69, 9.17) is 0 Å². The predicted octanol–water partition coefficient (Wildman–Crippen LogP) is 2.63. The van der Waals surface area contributed by atoms with E-state index in [1.54, 1.807) is 51.0 Å². The zero-order valence-corrected chi connectivity index (χ0v) is 24.8. The summed E-state index contributed by atoms with van der Waals surface area (Å²) >= 11 is 0. The first-order chi connectivity index (χ1) is 21.3. The van der Waals surface area contributed by atoms with Gasteiger partial charge in [0.1, 0.15) is 18.0 Å². The number of aromatic hydroxyl groups is 1. The molecule has 3 atom stereocenters. The second-order valence-corrected chi connectivity index (χ2v) is 11.8. The lowest BCUT2D eigenvalue weighted by Gasteiger charge is -2.46. The Morgan fingerprint density at radius 2 is 1.86 bits per heavy atom. The van der Waals surface area contributed by atoms with Crippen molar-refractivity contribution in [2.45, 2.75) is 44.4 Å². The average molecular weight is 599 g/mol. The summed E-state index contributed by atoms with van der Waals surface area (Å²) in [5.74, 6) is 0.0180. The minimum atomic E-state index is -0.783. The van der Waals surface area contributed by atoms with Crippen molar-refractivity contribution >= 4 is 29.4 Å². The van der Waals surface area contributed by atoms with E-state index in [-0.39, 0.29) is 54.9 Å². The maximum absolute atomic E-state index is 14.1. The molecule has 3 fully saturated rings. The first-order valence-electron chi connectivity index (χ1n) is 15.2. The summed E-state index contributed by atoms with van der Waals surface area (Å²) in [5, 5.41) is 16.0. The Hall–Kier alpha value is -4.64. The van der Waals surface area contributed by atoms with Gasteiger partial charge >= 0.3 is 6.03 Å². The highest BCUT2D eigenvalue weighted by atomic mass is 16.3. The highest BCUT2D eigenvalue weighted by molar-refractivity contribution is 5.95. The summed E-state index contributed by atoms with van der Waals surface area (Å²) in [6.45, 7) is 1.64. The van der Waals surface area contributed by atoms with Crippen molar-refractivity contribution in [3.8, 4) is 5.75 Å². The third kappa shape index (κ3) is 6.05. The largest absolute Gasteiger partial charge is 0.508 e. The number of benzene rings is 2. The lowest BCUT2D eigenvalue weighted by molar-refractivity contribution is -0.157. The van der Waals surface area contributed by atoms with E-state index in [0.29, 0.717) is 26.1 Å². The maximum Gasteiger partial charge on any atom is 0.331 e. The molecule has 1 unspecified atom stereocenters. The summed E-state index contributed by atoms with van der Waals surface area (Å²) in [6.07, 6.45) is 10.0. The molecule has 3 saturated heterocycles. The molecule has 0 aromatic heterocycles. The zero-order chi connectivity index (χ0) is 30.8. The molecule has 11 heteroatoms. The molecule has 0 saturated carbocycles. The SMILES string of the molecule is CN(C(=O)NCC1C=CC=CC1)N1CC(=O)N2[C@@H](Cc3ccc(O)cc3)C(=O)N(Cc3cccc(N4CCCC4=O)c3)C[C@@H]21. The van der Waals surface area contributed by atoms with Gasteiger partial charge in [0.25, 0.3) is 0 Å². The van der Waals surface area contributed by atoms with Crippen molar-refractivity contribution in [2.24, 2.45) is 5.92 Å². The number of piperazine rings is 1. The lowest BCUT2D eigenvalue weighted by Crippen LogP contribution is -2.65. The van der Waals surface area contributed by atoms with Crippen LogP contribution in [0.5, 0.6) is 5.75 Å². The number of phenols is 1. The predicted molar refractivity (Wildman–Crippen MR) is 164 cm³/mol. The molecule has 5 amide bonds. The highest BCUT2D eigenvalue weighted by Gasteiger charge is 2.51. The summed E-state index contributed by atoms with van der Waals surface area (Å²) < 4.78 is 0. The van der Waals surface area contributed by atoms with Crippen LogP contribution < -0.4 is 10.2 Å². The van der Waals surface area contributed by atoms with Gasteiger partial charge in [0.2, 0.25) is 17.7 Å². The molecule has 2 aromatic carbocycles. The van der Waals surface area contributed by atoms with Crippen molar-refractivity contribution in [2.75, 3.05) is 38.1 Å². The molecule has 2 aromatic rings. The van der Waals surface area contributed by atoms with E-state index in [1.165, 1.54) is 5.01 Å². The number of nitrogens with one attached hydrogen (secondary N) is 1. The van der Waals surface area contributed by atoms with E-state index < -0.39 is 12.2 Å². The molecule has 3 aliphatic heterocycles. The van der Waals surface area contributed by atoms with Gasteiger partial charge in [-0.05, 0) is 54.2 Å². The van der Waals surface area contributed by atoms with E-state index in [0.717, 1.165) is 29.7 Å². The van der Waals surface area contributed by atoms with Gasteiger partial charge in [-0.15, -0.1) is 0 Å². The number of phenolic OH excluding ortho intramolecular Hbond substituents is 1. The summed E-state index contributed by atoms with van der Waals surface area (Å²) in [4.78, 5) is 58.3. The number of hydrogen-bond donors (Lipinski definition) is 2. The fourth-order valence-corrected chi connectivity index (χ4v) is 6.50. The Kier molecular flexibility index (Phi) is 8.38. The summed E-state index contributed by atoms with van der Waals surface area (Å²) in [6, 6.07) is 13.2. The molecular weight excluding hydrogens is 560 g/mol. The van der Waals surface area contributed by atoms with E-state index in [2.05, 4.69) is 17.5 Å². The molecule has 230 valence electrons. The molecule has 1 aliphatic carbocycles. The molecular formula is C33H38N6O5. The van der Waals surface area contributed by atoms with Crippen LogP contribution in [0, 0.1) is 5.92 Å². The fraction of sp³-hybridized carbons (Fsp3) is 0.394. The maximum atomic E-state index is 14.1. The first kappa shape index (κ1) is 29.4. The highest BCUT2D eigenvalue weighted by Crippen LogP contribution is 2.31. The van der Waals surface area contributed by atoms with Crippen LogP contribution in [0.4, 0.5) is 10.5 Å². The van der Waals surface area contributed by atoms with Crippen molar-refractivity contribution in [3.05, 3.63) is 84.0 Å². The number of carbonyl (C=O) groups is 4. The Morgan fingerprint density at radius 1 is 1.05 bits per heavy atom. The number of hydrogen-bond acceptors (Lipinski definition) is 6. The monoisotopic (exact) mass is 598 g/mol. The second kappa shape index (κ2) is 12.5. The van der Waals surface area contributed by atoms with E-state index in [9.17, 15) is 24.3 Å². The van der Waals surface area contributed by atoms with Gasteiger partial charge in [-0.1, -0.05) is 48.6 Å². The standard InChI is InChI=1S/C33H38N6O5/c1-35(33(44)34-19-24-7-3-2-4-8-24)38-22-31(42)39-28(18-23-12-14-27(40)15-13-23)32(43)36(21-29(38)39)20-25-9-5-10-26(17-25)37-16-6-11-30(37)41/h2-5,7,9-10,12-15,17,24,28-29,40H,6,8,11,16,18-22H2,1H3,(H,34,44)/t24?,28-,29+/m0/s1. The average Bonchev–Trinajstić information content (AvgIpc) is 3.61. The molecule has 0 spiro atoms. The summed E-state index contributed by atoms with van der Waals surface area (Å²) in [5.41, 5.74) is 2.50. The minimum Gasteiger partial charge on any atom is -0.508 e. The fourth-order valence-electron chi connectivity index (χ4n) is 6.50. The Bertz CT molecular complexity index is 1490. The first-order valence-corrected chi connectivity index (χ1v) is 15.2. The van der Waals surface area contributed by atoms with Crippen LogP contribution in [0.2, 0.25) is 0 Å². The third-order valence-electron chi connectivity index (χ3n) is 8.87. The topological polar surface area (TPSA) is 117 Å². The van der Waals surface area contributed by atoms with Gasteiger partial charge in [-0.3, -0.25) is 19.4 Å². The zero-order valence-electron chi connectivity index (χ0n) is 24.8. The van der Waals surface area contributed by atoms with Crippen LogP contribution in [-0.4, -0.2) is 94.1 Å². The van der Waals surface area contributed by atoms with Gasteiger partial charge in [0.05, 0.1) is 13.1 Å². The van der Waals surface area contributed by atoms with Crippen LogP contribution in [0.1, 0.15) is 30.4 Å². The molecule has 6 rings (SSSR count). The summed E-state index contributed by atoms with van der Waals surface area (Å²) in [7, 11) is 1.65. The van der Waals surface area contributed by atoms with E-state index >= 15 is 0 Å². The normalized spacial score (nSPS) is 23.4. The molecule has 0 bridgehead atoms. The van der Waals surface area contributed by atoms with Crippen molar-refractivity contribution < 1.29 is 24.3 Å². The van der Waals surface area contributed by atoms with Crippen LogP contribution in [0.15, 0.2) is 72.8 Å². The molecule has 44 heavy (non-hydrogen) atoms. The van der Waals surface area contributed by atoms with Gasteiger partial charge in [-0.25, -0.2) is 4.79 Å². The Morgan fingerprint density at radius 3 is 2.59 bits per heavy atom. The molecule has 11 nitrogen and oxygen atoms in total. The number of carbonyl (C=O) groups excluding carboxylic acids is 4. The number of nitrogens with zero attached hydrogens (tertiary/aromatic N) is 5. The number of anilines is 1. The van der Waals surface area contributed by atoms with Crippen molar-refractivity contribution in [1.82, 2.24) is 25.1 Å². The molecule has 2 N–H and O–H groups in total. The van der Waals surface area contributed by atoms with Gasteiger partial charge < -0.3 is 25.1 Å². The minimum absolute atomic E-state index is 0.0274. The molecule has 4 aliphatic rings. The second-order valence-electron chi connectivity index (χ2n) is 11.8. The smallest absolute Gasteiger partial charge is 0.331 e. The van der Waals surface area contributed by atoms with Gasteiger partial charge in [0.15, 0.2) is 0 Å². The molecule has 0 radical (unpaired) electrons.